The zero-order valence-corrected chi connectivity index (χ0v) is 11.6. The summed E-state index contributed by atoms with van der Waals surface area (Å²) >= 11 is 6.14. The van der Waals surface area contributed by atoms with E-state index in [1.807, 2.05) is 7.05 Å². The van der Waals surface area contributed by atoms with Crippen LogP contribution >= 0.6 is 11.6 Å². The first-order valence-corrected chi connectivity index (χ1v) is 7.19. The average molecular weight is 270 g/mol. The fourth-order valence-electron chi connectivity index (χ4n) is 2.98. The molecular formula is C15H21ClFN. The smallest absolute Gasteiger partial charge is 0.123 e. The minimum absolute atomic E-state index is 0.201. The van der Waals surface area contributed by atoms with Crippen LogP contribution in [-0.2, 0) is 6.42 Å². The molecule has 1 aliphatic rings. The van der Waals surface area contributed by atoms with E-state index in [4.69, 9.17) is 11.6 Å². The molecule has 1 atom stereocenters. The molecule has 1 nitrogen and oxygen atoms in total. The molecule has 1 fully saturated rings. The standard InChI is InChI=1S/C15H21ClFN/c1-18-15(11-5-3-2-4-6-11)10-12-9-13(17)7-8-14(12)16/h7-9,11,15,18H,2-6,10H2,1H3. The first kappa shape index (κ1) is 13.8. The average Bonchev–Trinajstić information content (AvgIpc) is 2.41. The predicted octanol–water partition coefficient (Wildman–Crippen LogP) is 4.19. The van der Waals surface area contributed by atoms with Gasteiger partial charge in [0.2, 0.25) is 0 Å². The van der Waals surface area contributed by atoms with E-state index in [-0.39, 0.29) is 5.82 Å². The number of benzene rings is 1. The molecule has 0 radical (unpaired) electrons. The third kappa shape index (κ3) is 3.46. The summed E-state index contributed by atoms with van der Waals surface area (Å²) in [6.07, 6.45) is 7.36. The van der Waals surface area contributed by atoms with Crippen molar-refractivity contribution in [2.75, 3.05) is 7.05 Å². The van der Waals surface area contributed by atoms with Crippen molar-refractivity contribution in [2.45, 2.75) is 44.6 Å². The number of halogens is 2. The van der Waals surface area contributed by atoms with Crippen molar-refractivity contribution in [1.29, 1.82) is 0 Å². The van der Waals surface area contributed by atoms with E-state index in [0.717, 1.165) is 12.0 Å². The largest absolute Gasteiger partial charge is 0.316 e. The van der Waals surface area contributed by atoms with Crippen molar-refractivity contribution in [3.63, 3.8) is 0 Å². The van der Waals surface area contributed by atoms with Gasteiger partial charge in [0.05, 0.1) is 0 Å². The van der Waals surface area contributed by atoms with Gasteiger partial charge >= 0.3 is 0 Å². The highest BCUT2D eigenvalue weighted by Crippen LogP contribution is 2.29. The molecular weight excluding hydrogens is 249 g/mol. The van der Waals surface area contributed by atoms with E-state index in [1.54, 1.807) is 12.1 Å². The van der Waals surface area contributed by atoms with Gasteiger partial charge in [-0.05, 0) is 56.0 Å². The van der Waals surface area contributed by atoms with Crippen molar-refractivity contribution in [1.82, 2.24) is 5.32 Å². The molecule has 3 heteroatoms. The Labute approximate surface area is 114 Å². The third-order valence-corrected chi connectivity index (χ3v) is 4.41. The number of hydrogen-bond acceptors (Lipinski definition) is 1. The maximum Gasteiger partial charge on any atom is 0.123 e. The Bertz CT molecular complexity index is 388. The minimum atomic E-state index is -0.201. The lowest BCUT2D eigenvalue weighted by Crippen LogP contribution is -2.36. The molecule has 1 N–H and O–H groups in total. The summed E-state index contributed by atoms with van der Waals surface area (Å²) in [5.41, 5.74) is 0.918. The number of rotatable bonds is 4. The monoisotopic (exact) mass is 269 g/mol. The second kappa shape index (κ2) is 6.53. The van der Waals surface area contributed by atoms with Crippen LogP contribution < -0.4 is 5.32 Å². The van der Waals surface area contributed by atoms with Gasteiger partial charge in [0.15, 0.2) is 0 Å². The van der Waals surface area contributed by atoms with Crippen LogP contribution in [-0.4, -0.2) is 13.1 Å². The second-order valence-electron chi connectivity index (χ2n) is 5.23. The topological polar surface area (TPSA) is 12.0 Å². The van der Waals surface area contributed by atoms with E-state index in [2.05, 4.69) is 5.32 Å². The second-order valence-corrected chi connectivity index (χ2v) is 5.64. The summed E-state index contributed by atoms with van der Waals surface area (Å²) in [4.78, 5) is 0. The highest BCUT2D eigenvalue weighted by atomic mass is 35.5. The third-order valence-electron chi connectivity index (χ3n) is 4.04. The normalized spacial score (nSPS) is 18.8. The Balaban J connectivity index is 2.06. The van der Waals surface area contributed by atoms with E-state index >= 15 is 0 Å². The molecule has 1 aromatic rings. The highest BCUT2D eigenvalue weighted by molar-refractivity contribution is 6.31. The van der Waals surface area contributed by atoms with Crippen LogP contribution in [0.1, 0.15) is 37.7 Å². The first-order valence-electron chi connectivity index (χ1n) is 6.82. The molecule has 2 rings (SSSR count). The van der Waals surface area contributed by atoms with Gasteiger partial charge < -0.3 is 5.32 Å². The molecule has 0 amide bonds. The van der Waals surface area contributed by atoms with Crippen molar-refractivity contribution in [3.8, 4) is 0 Å². The fraction of sp³-hybridized carbons (Fsp3) is 0.600. The Kier molecular flexibility index (Phi) is 5.02. The van der Waals surface area contributed by atoms with Crippen LogP contribution in [0.15, 0.2) is 18.2 Å². The maximum atomic E-state index is 13.3. The molecule has 0 heterocycles. The van der Waals surface area contributed by atoms with E-state index < -0.39 is 0 Å². The van der Waals surface area contributed by atoms with Gasteiger partial charge in [0.1, 0.15) is 5.82 Å². The van der Waals surface area contributed by atoms with Crippen LogP contribution in [0.5, 0.6) is 0 Å². The quantitative estimate of drug-likeness (QED) is 0.864. The lowest BCUT2D eigenvalue weighted by Gasteiger charge is -2.30. The van der Waals surface area contributed by atoms with E-state index in [1.165, 1.54) is 38.2 Å². The van der Waals surface area contributed by atoms with Crippen LogP contribution in [0.4, 0.5) is 4.39 Å². The molecule has 0 aromatic heterocycles. The molecule has 0 spiro atoms. The van der Waals surface area contributed by atoms with Crippen molar-refractivity contribution < 1.29 is 4.39 Å². The van der Waals surface area contributed by atoms with Gasteiger partial charge in [-0.3, -0.25) is 0 Å². The van der Waals surface area contributed by atoms with Gasteiger partial charge in [0, 0.05) is 11.1 Å². The summed E-state index contributed by atoms with van der Waals surface area (Å²) in [6, 6.07) is 5.04. The molecule has 18 heavy (non-hydrogen) atoms. The van der Waals surface area contributed by atoms with Gasteiger partial charge in [0.25, 0.3) is 0 Å². The van der Waals surface area contributed by atoms with E-state index in [0.29, 0.717) is 17.0 Å². The Morgan fingerprint density at radius 2 is 2.06 bits per heavy atom. The molecule has 1 aromatic carbocycles. The maximum absolute atomic E-state index is 13.3. The Morgan fingerprint density at radius 3 is 2.72 bits per heavy atom. The Morgan fingerprint density at radius 1 is 1.33 bits per heavy atom. The molecule has 1 saturated carbocycles. The lowest BCUT2D eigenvalue weighted by atomic mass is 9.81. The summed E-state index contributed by atoms with van der Waals surface area (Å²) in [5, 5.41) is 4.06. The summed E-state index contributed by atoms with van der Waals surface area (Å²) in [7, 11) is 1.99. The van der Waals surface area contributed by atoms with Crippen LogP contribution in [0.2, 0.25) is 5.02 Å². The number of nitrogens with one attached hydrogen (secondary N) is 1. The van der Waals surface area contributed by atoms with Gasteiger partial charge in [-0.15, -0.1) is 0 Å². The van der Waals surface area contributed by atoms with Crippen LogP contribution in [0, 0.1) is 11.7 Å². The summed E-state index contributed by atoms with van der Waals surface area (Å²) < 4.78 is 13.3. The zero-order valence-electron chi connectivity index (χ0n) is 10.9. The van der Waals surface area contributed by atoms with E-state index in [9.17, 15) is 4.39 Å². The first-order chi connectivity index (χ1) is 8.70. The molecule has 0 saturated heterocycles. The molecule has 100 valence electrons. The Hall–Kier alpha value is -0.600. The van der Waals surface area contributed by atoms with Crippen molar-refractivity contribution >= 4 is 11.6 Å². The zero-order chi connectivity index (χ0) is 13.0. The number of hydrogen-bond donors (Lipinski definition) is 1. The minimum Gasteiger partial charge on any atom is -0.316 e. The van der Waals surface area contributed by atoms with Crippen molar-refractivity contribution in [2.24, 2.45) is 5.92 Å². The fourth-order valence-corrected chi connectivity index (χ4v) is 3.17. The summed E-state index contributed by atoms with van der Waals surface area (Å²) in [6.45, 7) is 0. The van der Waals surface area contributed by atoms with Crippen LogP contribution in [0.3, 0.4) is 0 Å². The van der Waals surface area contributed by atoms with Gasteiger partial charge in [-0.2, -0.15) is 0 Å². The molecule has 0 aliphatic heterocycles. The van der Waals surface area contributed by atoms with Gasteiger partial charge in [-0.25, -0.2) is 4.39 Å². The number of likely N-dealkylation sites (N-methyl/N-ethyl adjacent to an activating group) is 1. The molecule has 1 aliphatic carbocycles. The highest BCUT2D eigenvalue weighted by Gasteiger charge is 2.23. The van der Waals surface area contributed by atoms with Crippen molar-refractivity contribution in [3.05, 3.63) is 34.6 Å². The SMILES string of the molecule is CNC(Cc1cc(F)ccc1Cl)C1CCCCC1. The van der Waals surface area contributed by atoms with Gasteiger partial charge in [-0.1, -0.05) is 30.9 Å². The lowest BCUT2D eigenvalue weighted by molar-refractivity contribution is 0.276. The van der Waals surface area contributed by atoms with Crippen LogP contribution in [0.25, 0.3) is 0 Å². The predicted molar refractivity (Wildman–Crippen MR) is 74.5 cm³/mol. The molecule has 1 unspecified atom stereocenters. The summed E-state index contributed by atoms with van der Waals surface area (Å²) in [5.74, 6) is 0.496. The molecule has 0 bridgehead atoms.